The Morgan fingerprint density at radius 2 is 2.00 bits per heavy atom. The third-order valence-electron chi connectivity index (χ3n) is 2.74. The van der Waals surface area contributed by atoms with Crippen LogP contribution in [0, 0.1) is 19.7 Å². The van der Waals surface area contributed by atoms with Crippen LogP contribution in [0.1, 0.15) is 21.6 Å². The molecule has 1 N–H and O–H groups in total. The van der Waals surface area contributed by atoms with Crippen LogP contribution in [0.4, 0.5) is 10.1 Å². The fourth-order valence-corrected chi connectivity index (χ4v) is 1.86. The van der Waals surface area contributed by atoms with Crippen molar-refractivity contribution in [1.82, 2.24) is 4.98 Å². The van der Waals surface area contributed by atoms with E-state index in [2.05, 4.69) is 10.3 Å². The van der Waals surface area contributed by atoms with E-state index < -0.39 is 11.7 Å². The van der Waals surface area contributed by atoms with Crippen LogP contribution in [0.2, 0.25) is 5.15 Å². The number of aryl methyl sites for hydroxylation is 2. The molecule has 98 valence electrons. The van der Waals surface area contributed by atoms with E-state index in [1.807, 2.05) is 0 Å². The number of aromatic nitrogens is 1. The molecule has 0 radical (unpaired) electrons. The highest BCUT2D eigenvalue weighted by Crippen LogP contribution is 2.18. The zero-order valence-corrected chi connectivity index (χ0v) is 11.3. The van der Waals surface area contributed by atoms with Crippen molar-refractivity contribution in [2.24, 2.45) is 0 Å². The minimum atomic E-state index is -0.514. The number of anilines is 1. The van der Waals surface area contributed by atoms with Gasteiger partial charge in [0.25, 0.3) is 5.91 Å². The molecule has 5 heteroatoms. The highest BCUT2D eigenvalue weighted by molar-refractivity contribution is 6.29. The first kappa shape index (κ1) is 13.5. The van der Waals surface area contributed by atoms with E-state index in [0.29, 0.717) is 22.1 Å². The first-order valence-corrected chi connectivity index (χ1v) is 6.06. The number of halogens is 2. The third kappa shape index (κ3) is 2.90. The van der Waals surface area contributed by atoms with Gasteiger partial charge in [-0.15, -0.1) is 0 Å². The summed E-state index contributed by atoms with van der Waals surface area (Å²) in [5, 5.41) is 2.97. The van der Waals surface area contributed by atoms with Gasteiger partial charge in [0, 0.05) is 0 Å². The Hall–Kier alpha value is -1.94. The molecule has 0 unspecified atom stereocenters. The van der Waals surface area contributed by atoms with Gasteiger partial charge in [0.15, 0.2) is 0 Å². The molecule has 1 aromatic carbocycles. The summed E-state index contributed by atoms with van der Waals surface area (Å²) in [6.45, 7) is 3.33. The molecule has 0 atom stereocenters. The lowest BCUT2D eigenvalue weighted by atomic mass is 10.1. The Balaban J connectivity index is 2.28. The molecule has 0 aliphatic carbocycles. The Labute approximate surface area is 115 Å². The lowest BCUT2D eigenvalue weighted by molar-refractivity contribution is 0.102. The second-order valence-electron chi connectivity index (χ2n) is 4.16. The third-order valence-corrected chi connectivity index (χ3v) is 2.95. The van der Waals surface area contributed by atoms with E-state index in [1.54, 1.807) is 38.1 Å². The van der Waals surface area contributed by atoms with Crippen LogP contribution in [0.5, 0.6) is 0 Å². The first-order chi connectivity index (χ1) is 8.99. The first-order valence-electron chi connectivity index (χ1n) is 5.68. The summed E-state index contributed by atoms with van der Waals surface area (Å²) in [6.07, 6.45) is 0. The van der Waals surface area contributed by atoms with Gasteiger partial charge in [-0.3, -0.25) is 4.79 Å². The molecule has 0 spiro atoms. The van der Waals surface area contributed by atoms with Gasteiger partial charge in [0.2, 0.25) is 0 Å². The van der Waals surface area contributed by atoms with Crippen molar-refractivity contribution in [1.29, 1.82) is 0 Å². The minimum absolute atomic E-state index is 0.00866. The average Bonchev–Trinajstić information content (AvgIpc) is 2.36. The smallest absolute Gasteiger partial charge is 0.258 e. The van der Waals surface area contributed by atoms with Crippen LogP contribution in [0.3, 0.4) is 0 Å². The maximum atomic E-state index is 13.8. The maximum Gasteiger partial charge on any atom is 0.258 e. The predicted octanol–water partition coefficient (Wildman–Crippen LogP) is 3.74. The summed E-state index contributed by atoms with van der Waals surface area (Å²) >= 11 is 5.73. The quantitative estimate of drug-likeness (QED) is 0.850. The number of benzene rings is 1. The molecular weight excluding hydrogens is 267 g/mol. The summed E-state index contributed by atoms with van der Waals surface area (Å²) in [5.41, 5.74) is 1.53. The predicted molar refractivity (Wildman–Crippen MR) is 73.1 cm³/mol. The van der Waals surface area contributed by atoms with Crippen molar-refractivity contribution in [3.63, 3.8) is 0 Å². The van der Waals surface area contributed by atoms with Crippen molar-refractivity contribution in [3.8, 4) is 0 Å². The van der Waals surface area contributed by atoms with E-state index in [1.165, 1.54) is 6.07 Å². The van der Waals surface area contributed by atoms with Gasteiger partial charge in [-0.1, -0.05) is 23.7 Å². The number of nitrogens with one attached hydrogen (secondary N) is 1. The van der Waals surface area contributed by atoms with Gasteiger partial charge < -0.3 is 5.32 Å². The second-order valence-corrected chi connectivity index (χ2v) is 4.54. The summed E-state index contributed by atoms with van der Waals surface area (Å²) in [7, 11) is 0. The topological polar surface area (TPSA) is 42.0 Å². The molecule has 0 saturated carbocycles. The summed E-state index contributed by atoms with van der Waals surface area (Å²) in [4.78, 5) is 16.0. The lowest BCUT2D eigenvalue weighted by Gasteiger charge is -2.09. The van der Waals surface area contributed by atoms with Gasteiger partial charge in [0.1, 0.15) is 11.0 Å². The van der Waals surface area contributed by atoms with Gasteiger partial charge in [-0.05, 0) is 37.6 Å². The molecule has 19 heavy (non-hydrogen) atoms. The number of pyridine rings is 1. The Morgan fingerprint density at radius 1 is 1.26 bits per heavy atom. The molecule has 0 aliphatic rings. The fourth-order valence-electron chi connectivity index (χ4n) is 1.67. The van der Waals surface area contributed by atoms with Crippen molar-refractivity contribution in [3.05, 3.63) is 58.1 Å². The molecule has 1 aromatic heterocycles. The van der Waals surface area contributed by atoms with Gasteiger partial charge in [0.05, 0.1) is 16.9 Å². The number of carbonyl (C=O) groups is 1. The zero-order chi connectivity index (χ0) is 14.0. The molecule has 1 heterocycles. The molecule has 0 fully saturated rings. The Morgan fingerprint density at radius 3 is 2.68 bits per heavy atom. The lowest BCUT2D eigenvalue weighted by Crippen LogP contribution is -2.15. The van der Waals surface area contributed by atoms with E-state index in [0.717, 1.165) is 0 Å². The van der Waals surface area contributed by atoms with Gasteiger partial charge >= 0.3 is 0 Å². The standard InChI is InChI=1S/C14H12ClFN2O/c1-8-4-3-5-10(13(8)16)14(19)18-11-6-7-12(15)17-9(11)2/h3-7H,1-2H3,(H,18,19). The number of hydrogen-bond acceptors (Lipinski definition) is 2. The van der Waals surface area contributed by atoms with E-state index in [-0.39, 0.29) is 5.56 Å². The van der Waals surface area contributed by atoms with Crippen LogP contribution in [-0.4, -0.2) is 10.9 Å². The monoisotopic (exact) mass is 278 g/mol. The van der Waals surface area contributed by atoms with Crippen LogP contribution in [-0.2, 0) is 0 Å². The normalized spacial score (nSPS) is 10.3. The SMILES string of the molecule is Cc1cccc(C(=O)Nc2ccc(Cl)nc2C)c1F. The van der Waals surface area contributed by atoms with Crippen molar-refractivity contribution < 1.29 is 9.18 Å². The molecular formula is C14H12ClFN2O. The molecule has 2 aromatic rings. The van der Waals surface area contributed by atoms with Gasteiger partial charge in [-0.2, -0.15) is 0 Å². The number of rotatable bonds is 2. The molecule has 0 bridgehead atoms. The summed E-state index contributed by atoms with van der Waals surface area (Å²) in [5.74, 6) is -1.02. The average molecular weight is 279 g/mol. The number of amides is 1. The molecule has 1 amide bonds. The molecule has 2 rings (SSSR count). The molecule has 0 saturated heterocycles. The highest BCUT2D eigenvalue weighted by Gasteiger charge is 2.14. The number of nitrogens with zero attached hydrogens (tertiary/aromatic N) is 1. The van der Waals surface area contributed by atoms with E-state index in [9.17, 15) is 9.18 Å². The van der Waals surface area contributed by atoms with Crippen molar-refractivity contribution in [2.75, 3.05) is 5.32 Å². The fraction of sp³-hybridized carbons (Fsp3) is 0.143. The van der Waals surface area contributed by atoms with Crippen LogP contribution in [0.15, 0.2) is 30.3 Å². The van der Waals surface area contributed by atoms with E-state index in [4.69, 9.17) is 11.6 Å². The van der Waals surface area contributed by atoms with Crippen molar-refractivity contribution in [2.45, 2.75) is 13.8 Å². The van der Waals surface area contributed by atoms with Crippen molar-refractivity contribution >= 4 is 23.2 Å². The largest absolute Gasteiger partial charge is 0.320 e. The van der Waals surface area contributed by atoms with Crippen LogP contribution >= 0.6 is 11.6 Å². The van der Waals surface area contributed by atoms with Crippen LogP contribution in [0.25, 0.3) is 0 Å². The Kier molecular flexibility index (Phi) is 3.81. The summed E-state index contributed by atoms with van der Waals surface area (Å²) < 4.78 is 13.8. The maximum absolute atomic E-state index is 13.8. The highest BCUT2D eigenvalue weighted by atomic mass is 35.5. The minimum Gasteiger partial charge on any atom is -0.320 e. The Bertz CT molecular complexity index is 643. The molecule has 3 nitrogen and oxygen atoms in total. The zero-order valence-electron chi connectivity index (χ0n) is 10.5. The van der Waals surface area contributed by atoms with Crippen LogP contribution < -0.4 is 5.32 Å². The van der Waals surface area contributed by atoms with E-state index >= 15 is 0 Å². The summed E-state index contributed by atoms with van der Waals surface area (Å²) in [6, 6.07) is 7.89. The number of hydrogen-bond donors (Lipinski definition) is 1. The van der Waals surface area contributed by atoms with Gasteiger partial charge in [-0.25, -0.2) is 9.37 Å². The number of carbonyl (C=O) groups excluding carboxylic acids is 1. The second kappa shape index (κ2) is 5.36. The molecule has 0 aliphatic heterocycles.